The zero-order chi connectivity index (χ0) is 12.4. The van der Waals surface area contributed by atoms with E-state index in [9.17, 15) is 0 Å². The fourth-order valence-corrected chi connectivity index (χ4v) is 2.48. The van der Waals surface area contributed by atoms with Crippen molar-refractivity contribution in [3.8, 4) is 11.4 Å². The molecule has 1 aromatic heterocycles. The van der Waals surface area contributed by atoms with E-state index >= 15 is 0 Å². The largest absolute Gasteiger partial charge is 0.339 e. The van der Waals surface area contributed by atoms with Gasteiger partial charge < -0.3 is 10.3 Å². The Labute approximate surface area is 106 Å². The van der Waals surface area contributed by atoms with Crippen molar-refractivity contribution < 1.29 is 4.52 Å². The van der Waals surface area contributed by atoms with Gasteiger partial charge in [0.1, 0.15) is 0 Å². The van der Waals surface area contributed by atoms with E-state index in [2.05, 4.69) is 10.1 Å². The van der Waals surface area contributed by atoms with Gasteiger partial charge in [-0.2, -0.15) is 4.98 Å². The molecule has 0 radical (unpaired) electrons. The van der Waals surface area contributed by atoms with Crippen molar-refractivity contribution in [2.75, 3.05) is 6.54 Å². The summed E-state index contributed by atoms with van der Waals surface area (Å²) < 4.78 is 5.34. The van der Waals surface area contributed by atoms with Crippen LogP contribution in [0.4, 0.5) is 0 Å². The van der Waals surface area contributed by atoms with Gasteiger partial charge in [0.15, 0.2) is 0 Å². The van der Waals surface area contributed by atoms with E-state index in [4.69, 9.17) is 10.3 Å². The van der Waals surface area contributed by atoms with Gasteiger partial charge in [0.25, 0.3) is 0 Å². The van der Waals surface area contributed by atoms with Crippen molar-refractivity contribution >= 4 is 0 Å². The molecule has 1 aliphatic rings. The number of aromatic nitrogens is 2. The Morgan fingerprint density at radius 3 is 2.61 bits per heavy atom. The van der Waals surface area contributed by atoms with Gasteiger partial charge in [-0.05, 0) is 24.8 Å². The maximum Gasteiger partial charge on any atom is 0.227 e. The highest BCUT2D eigenvalue weighted by molar-refractivity contribution is 5.53. The molecule has 18 heavy (non-hydrogen) atoms. The highest BCUT2D eigenvalue weighted by Crippen LogP contribution is 2.42. The van der Waals surface area contributed by atoms with Gasteiger partial charge in [0.2, 0.25) is 11.7 Å². The summed E-state index contributed by atoms with van der Waals surface area (Å²) >= 11 is 0. The molecule has 0 aliphatic heterocycles. The first-order chi connectivity index (χ1) is 8.81. The third-order valence-electron chi connectivity index (χ3n) is 3.87. The molecule has 0 spiro atoms. The molecule has 0 saturated heterocycles. The van der Waals surface area contributed by atoms with Gasteiger partial charge >= 0.3 is 0 Å². The fourth-order valence-electron chi connectivity index (χ4n) is 2.48. The summed E-state index contributed by atoms with van der Waals surface area (Å²) in [6.45, 7) is 0.704. The summed E-state index contributed by atoms with van der Waals surface area (Å²) in [5.74, 6) is 1.37. The van der Waals surface area contributed by atoms with Crippen LogP contribution < -0.4 is 5.73 Å². The zero-order valence-electron chi connectivity index (χ0n) is 10.3. The molecule has 1 heterocycles. The van der Waals surface area contributed by atoms with Crippen molar-refractivity contribution in [1.82, 2.24) is 10.1 Å². The first-order valence-electron chi connectivity index (χ1n) is 6.39. The summed E-state index contributed by atoms with van der Waals surface area (Å²) in [6.07, 6.45) is 4.42. The van der Waals surface area contributed by atoms with Gasteiger partial charge in [-0.25, -0.2) is 0 Å². The molecular weight excluding hydrogens is 226 g/mol. The van der Waals surface area contributed by atoms with Crippen molar-refractivity contribution in [1.29, 1.82) is 0 Å². The van der Waals surface area contributed by atoms with E-state index < -0.39 is 0 Å². The molecule has 3 rings (SSSR count). The molecular formula is C14H17N3O. The number of hydrogen-bond acceptors (Lipinski definition) is 4. The lowest BCUT2D eigenvalue weighted by molar-refractivity contribution is 0.129. The Morgan fingerprint density at radius 2 is 2.00 bits per heavy atom. The van der Waals surface area contributed by atoms with Gasteiger partial charge in [0, 0.05) is 12.0 Å². The summed E-state index contributed by atoms with van der Waals surface area (Å²) in [4.78, 5) is 4.46. The minimum absolute atomic E-state index is 0.209. The minimum Gasteiger partial charge on any atom is -0.339 e. The second kappa shape index (κ2) is 4.53. The number of nitrogens with two attached hydrogens (primary N) is 1. The maximum absolute atomic E-state index is 5.84. The smallest absolute Gasteiger partial charge is 0.227 e. The average Bonchev–Trinajstić information content (AvgIpc) is 2.83. The van der Waals surface area contributed by atoms with E-state index in [0.29, 0.717) is 18.3 Å². The minimum atomic E-state index is 0.209. The van der Waals surface area contributed by atoms with Crippen molar-refractivity contribution in [2.24, 2.45) is 11.1 Å². The second-order valence-electron chi connectivity index (χ2n) is 5.11. The predicted molar refractivity (Wildman–Crippen MR) is 68.8 cm³/mol. The van der Waals surface area contributed by atoms with E-state index in [1.807, 2.05) is 30.3 Å². The van der Waals surface area contributed by atoms with E-state index in [0.717, 1.165) is 12.0 Å². The van der Waals surface area contributed by atoms with Crippen LogP contribution in [0.25, 0.3) is 11.4 Å². The van der Waals surface area contributed by atoms with Crippen molar-refractivity contribution in [3.05, 3.63) is 36.2 Å². The molecule has 0 atom stereocenters. The van der Waals surface area contributed by atoms with Gasteiger partial charge in [-0.3, -0.25) is 0 Å². The highest BCUT2D eigenvalue weighted by Gasteiger charge is 2.37. The fraction of sp³-hybridized carbons (Fsp3) is 0.429. The van der Waals surface area contributed by atoms with Crippen LogP contribution >= 0.6 is 0 Å². The Hall–Kier alpha value is -1.68. The van der Waals surface area contributed by atoms with Crippen molar-refractivity contribution in [2.45, 2.75) is 25.7 Å². The van der Waals surface area contributed by atoms with Crippen LogP contribution in [0.2, 0.25) is 0 Å². The molecule has 4 nitrogen and oxygen atoms in total. The Bertz CT molecular complexity index is 511. The highest BCUT2D eigenvalue weighted by atomic mass is 16.5. The van der Waals surface area contributed by atoms with E-state index in [1.165, 1.54) is 19.3 Å². The first-order valence-corrected chi connectivity index (χ1v) is 6.39. The number of rotatable bonds is 4. The third kappa shape index (κ3) is 2.04. The standard InChI is InChI=1S/C14H17N3O/c15-10-14(7-4-8-14)9-12-16-13(17-18-12)11-5-2-1-3-6-11/h1-3,5-6H,4,7-10,15H2. The molecule has 0 bridgehead atoms. The number of nitrogens with zero attached hydrogens (tertiary/aromatic N) is 2. The molecule has 1 aromatic carbocycles. The number of hydrogen-bond donors (Lipinski definition) is 1. The second-order valence-corrected chi connectivity index (χ2v) is 5.11. The molecule has 1 saturated carbocycles. The van der Waals surface area contributed by atoms with Crippen LogP contribution in [-0.2, 0) is 6.42 Å². The molecule has 0 amide bonds. The molecule has 1 fully saturated rings. The van der Waals surface area contributed by atoms with Crippen LogP contribution in [0.5, 0.6) is 0 Å². The molecule has 0 unspecified atom stereocenters. The Morgan fingerprint density at radius 1 is 1.22 bits per heavy atom. The summed E-state index contributed by atoms with van der Waals surface area (Å²) in [7, 11) is 0. The zero-order valence-corrected chi connectivity index (χ0v) is 10.3. The van der Waals surface area contributed by atoms with Crippen LogP contribution in [0, 0.1) is 5.41 Å². The quantitative estimate of drug-likeness (QED) is 0.895. The first kappa shape index (κ1) is 11.4. The average molecular weight is 243 g/mol. The van der Waals surface area contributed by atoms with Gasteiger partial charge in [-0.1, -0.05) is 41.9 Å². The molecule has 1 aliphatic carbocycles. The SMILES string of the molecule is NCC1(Cc2nc(-c3ccccc3)no2)CCC1. The third-order valence-corrected chi connectivity index (χ3v) is 3.87. The normalized spacial score (nSPS) is 17.4. The number of benzene rings is 1. The van der Waals surface area contributed by atoms with E-state index in [1.54, 1.807) is 0 Å². The lowest BCUT2D eigenvalue weighted by Gasteiger charge is -2.39. The lowest BCUT2D eigenvalue weighted by atomic mass is 9.67. The lowest BCUT2D eigenvalue weighted by Crippen LogP contribution is -2.39. The molecule has 4 heteroatoms. The summed E-state index contributed by atoms with van der Waals surface area (Å²) in [5.41, 5.74) is 7.04. The Kier molecular flexibility index (Phi) is 2.88. The summed E-state index contributed by atoms with van der Waals surface area (Å²) in [5, 5.41) is 4.04. The Balaban J connectivity index is 1.78. The summed E-state index contributed by atoms with van der Waals surface area (Å²) in [6, 6.07) is 9.88. The molecule has 2 aromatic rings. The van der Waals surface area contributed by atoms with Gasteiger partial charge in [-0.15, -0.1) is 0 Å². The van der Waals surface area contributed by atoms with Crippen LogP contribution in [0.15, 0.2) is 34.9 Å². The van der Waals surface area contributed by atoms with Gasteiger partial charge in [0.05, 0.1) is 0 Å². The monoisotopic (exact) mass is 243 g/mol. The van der Waals surface area contributed by atoms with E-state index in [-0.39, 0.29) is 5.41 Å². The maximum atomic E-state index is 5.84. The topological polar surface area (TPSA) is 64.9 Å². The van der Waals surface area contributed by atoms with Crippen LogP contribution in [-0.4, -0.2) is 16.7 Å². The molecule has 2 N–H and O–H groups in total. The van der Waals surface area contributed by atoms with Crippen LogP contribution in [0.3, 0.4) is 0 Å². The predicted octanol–water partition coefficient (Wildman–Crippen LogP) is 2.41. The van der Waals surface area contributed by atoms with Crippen LogP contribution in [0.1, 0.15) is 25.2 Å². The van der Waals surface area contributed by atoms with Crippen molar-refractivity contribution in [3.63, 3.8) is 0 Å². The molecule has 94 valence electrons.